The number of amides is 2. The molecule has 0 radical (unpaired) electrons. The maximum absolute atomic E-state index is 12.7. The molecule has 3 N–H and O–H groups in total. The van der Waals surface area contributed by atoms with E-state index in [1.54, 1.807) is 24.3 Å². The van der Waals surface area contributed by atoms with E-state index in [2.05, 4.69) is 22.9 Å². The predicted molar refractivity (Wildman–Crippen MR) is 107 cm³/mol. The zero-order chi connectivity index (χ0) is 19.9. The SMILES string of the molecule is CCOc1ccc(C(=O)NC(C(=O)NCC2(C)CCNCC2)C(C)C)cc1. The van der Waals surface area contributed by atoms with Crippen LogP contribution in [0.1, 0.15) is 50.9 Å². The van der Waals surface area contributed by atoms with Crippen LogP contribution in [0.25, 0.3) is 0 Å². The van der Waals surface area contributed by atoms with Crippen LogP contribution in [0.3, 0.4) is 0 Å². The molecular formula is C21H33N3O3. The van der Waals surface area contributed by atoms with Crippen molar-refractivity contribution in [2.24, 2.45) is 11.3 Å². The second kappa shape index (κ2) is 9.74. The molecule has 27 heavy (non-hydrogen) atoms. The van der Waals surface area contributed by atoms with Gasteiger partial charge < -0.3 is 20.7 Å². The van der Waals surface area contributed by atoms with Crippen molar-refractivity contribution < 1.29 is 14.3 Å². The van der Waals surface area contributed by atoms with Gasteiger partial charge in [-0.15, -0.1) is 0 Å². The van der Waals surface area contributed by atoms with Gasteiger partial charge in [-0.3, -0.25) is 9.59 Å². The van der Waals surface area contributed by atoms with Crippen molar-refractivity contribution >= 4 is 11.8 Å². The Labute approximate surface area is 162 Å². The quantitative estimate of drug-likeness (QED) is 0.652. The summed E-state index contributed by atoms with van der Waals surface area (Å²) in [4.78, 5) is 25.3. The van der Waals surface area contributed by atoms with Crippen LogP contribution in [-0.2, 0) is 4.79 Å². The van der Waals surface area contributed by atoms with E-state index < -0.39 is 6.04 Å². The molecule has 1 fully saturated rings. The molecule has 1 saturated heterocycles. The number of ether oxygens (including phenoxy) is 1. The summed E-state index contributed by atoms with van der Waals surface area (Å²) in [6.45, 7) is 11.2. The Morgan fingerprint density at radius 2 is 1.81 bits per heavy atom. The Hall–Kier alpha value is -2.08. The third-order valence-electron chi connectivity index (χ3n) is 5.16. The summed E-state index contributed by atoms with van der Waals surface area (Å²) in [5, 5.41) is 9.28. The van der Waals surface area contributed by atoms with Gasteiger partial charge in [-0.2, -0.15) is 0 Å². The number of hydrogen-bond donors (Lipinski definition) is 3. The molecule has 0 saturated carbocycles. The second-order valence-electron chi connectivity index (χ2n) is 7.93. The maximum Gasteiger partial charge on any atom is 0.251 e. The largest absolute Gasteiger partial charge is 0.494 e. The molecule has 1 atom stereocenters. The van der Waals surface area contributed by atoms with E-state index in [1.165, 1.54) is 0 Å². The summed E-state index contributed by atoms with van der Waals surface area (Å²) in [5.74, 6) is 0.351. The molecule has 1 aliphatic rings. The molecule has 6 nitrogen and oxygen atoms in total. The monoisotopic (exact) mass is 375 g/mol. The summed E-state index contributed by atoms with van der Waals surface area (Å²) in [6, 6.07) is 6.40. The van der Waals surface area contributed by atoms with Crippen LogP contribution in [0.15, 0.2) is 24.3 Å². The van der Waals surface area contributed by atoms with E-state index in [0.717, 1.165) is 31.7 Å². The van der Waals surface area contributed by atoms with Crippen LogP contribution >= 0.6 is 0 Å². The van der Waals surface area contributed by atoms with Crippen molar-refractivity contribution in [3.63, 3.8) is 0 Å². The van der Waals surface area contributed by atoms with Crippen molar-refractivity contribution in [2.45, 2.75) is 46.6 Å². The minimum absolute atomic E-state index is 0.00234. The van der Waals surface area contributed by atoms with Gasteiger partial charge in [0.25, 0.3) is 5.91 Å². The Morgan fingerprint density at radius 1 is 1.19 bits per heavy atom. The third-order valence-corrected chi connectivity index (χ3v) is 5.16. The minimum atomic E-state index is -0.561. The number of benzene rings is 1. The van der Waals surface area contributed by atoms with Gasteiger partial charge in [0.1, 0.15) is 11.8 Å². The molecule has 0 spiro atoms. The fourth-order valence-electron chi connectivity index (χ4n) is 3.25. The van der Waals surface area contributed by atoms with E-state index >= 15 is 0 Å². The van der Waals surface area contributed by atoms with Gasteiger partial charge >= 0.3 is 0 Å². The Bertz CT molecular complexity index is 622. The number of carbonyl (C=O) groups excluding carboxylic acids is 2. The van der Waals surface area contributed by atoms with Crippen molar-refractivity contribution in [1.29, 1.82) is 0 Å². The summed E-state index contributed by atoms with van der Waals surface area (Å²) in [6.07, 6.45) is 2.08. The smallest absolute Gasteiger partial charge is 0.251 e. The van der Waals surface area contributed by atoms with E-state index in [9.17, 15) is 9.59 Å². The van der Waals surface area contributed by atoms with Gasteiger partial charge in [0, 0.05) is 12.1 Å². The zero-order valence-corrected chi connectivity index (χ0v) is 16.9. The number of rotatable bonds is 8. The lowest BCUT2D eigenvalue weighted by molar-refractivity contribution is -0.124. The lowest BCUT2D eigenvalue weighted by atomic mass is 9.81. The van der Waals surface area contributed by atoms with Crippen LogP contribution < -0.4 is 20.7 Å². The maximum atomic E-state index is 12.7. The first-order valence-electron chi connectivity index (χ1n) is 9.87. The average Bonchev–Trinajstić information content (AvgIpc) is 2.65. The fourth-order valence-corrected chi connectivity index (χ4v) is 3.25. The average molecular weight is 376 g/mol. The van der Waals surface area contributed by atoms with Crippen LogP contribution in [0.4, 0.5) is 0 Å². The van der Waals surface area contributed by atoms with Gasteiger partial charge in [-0.25, -0.2) is 0 Å². The first-order chi connectivity index (χ1) is 12.8. The van der Waals surface area contributed by atoms with Crippen LogP contribution in [0.5, 0.6) is 5.75 Å². The van der Waals surface area contributed by atoms with Crippen LogP contribution in [-0.4, -0.2) is 44.1 Å². The van der Waals surface area contributed by atoms with Gasteiger partial charge in [0.15, 0.2) is 0 Å². The van der Waals surface area contributed by atoms with Crippen molar-refractivity contribution in [3.8, 4) is 5.75 Å². The number of carbonyl (C=O) groups is 2. The topological polar surface area (TPSA) is 79.5 Å². The highest BCUT2D eigenvalue weighted by molar-refractivity contribution is 5.97. The van der Waals surface area contributed by atoms with Gasteiger partial charge in [0.2, 0.25) is 5.91 Å². The molecule has 0 aliphatic carbocycles. The first-order valence-corrected chi connectivity index (χ1v) is 9.87. The molecule has 1 aromatic carbocycles. The molecule has 0 bridgehead atoms. The molecule has 150 valence electrons. The molecule has 2 rings (SSSR count). The molecule has 2 amide bonds. The minimum Gasteiger partial charge on any atom is -0.494 e. The predicted octanol–water partition coefficient (Wildman–Crippen LogP) is 2.35. The lowest BCUT2D eigenvalue weighted by Crippen LogP contribution is -2.52. The summed E-state index contributed by atoms with van der Waals surface area (Å²) in [7, 11) is 0. The van der Waals surface area contributed by atoms with Crippen molar-refractivity contribution in [1.82, 2.24) is 16.0 Å². The number of hydrogen-bond acceptors (Lipinski definition) is 4. The summed E-state index contributed by atoms with van der Waals surface area (Å²) in [5.41, 5.74) is 0.629. The molecule has 1 aliphatic heterocycles. The van der Waals surface area contributed by atoms with Gasteiger partial charge in [-0.05, 0) is 68.5 Å². The highest BCUT2D eigenvalue weighted by Gasteiger charge is 2.30. The van der Waals surface area contributed by atoms with E-state index in [-0.39, 0.29) is 23.1 Å². The Morgan fingerprint density at radius 3 is 2.37 bits per heavy atom. The molecule has 1 aromatic rings. The summed E-state index contributed by atoms with van der Waals surface area (Å²) >= 11 is 0. The van der Waals surface area contributed by atoms with Crippen LogP contribution in [0.2, 0.25) is 0 Å². The normalized spacial score (nSPS) is 17.2. The highest BCUT2D eigenvalue weighted by Crippen LogP contribution is 2.26. The zero-order valence-electron chi connectivity index (χ0n) is 16.9. The van der Waals surface area contributed by atoms with E-state index in [0.29, 0.717) is 18.7 Å². The third kappa shape index (κ3) is 6.24. The highest BCUT2D eigenvalue weighted by atomic mass is 16.5. The Kier molecular flexibility index (Phi) is 7.66. The molecule has 0 aromatic heterocycles. The molecule has 6 heteroatoms. The van der Waals surface area contributed by atoms with Gasteiger partial charge in [-0.1, -0.05) is 20.8 Å². The standard InChI is InChI=1S/C21H33N3O3/c1-5-27-17-8-6-16(7-9-17)19(25)24-18(15(2)3)20(26)23-14-21(4)10-12-22-13-11-21/h6-9,15,18,22H,5,10-14H2,1-4H3,(H,23,26)(H,24,25). The molecule has 1 heterocycles. The van der Waals surface area contributed by atoms with E-state index in [1.807, 2.05) is 20.8 Å². The number of piperidine rings is 1. The van der Waals surface area contributed by atoms with Crippen molar-refractivity contribution in [3.05, 3.63) is 29.8 Å². The van der Waals surface area contributed by atoms with Gasteiger partial charge in [0.05, 0.1) is 6.61 Å². The Balaban J connectivity index is 1.95. The number of nitrogens with one attached hydrogen (secondary N) is 3. The molecule has 1 unspecified atom stereocenters. The second-order valence-corrected chi connectivity index (χ2v) is 7.93. The summed E-state index contributed by atoms with van der Waals surface area (Å²) < 4.78 is 5.40. The first kappa shape index (κ1) is 21.2. The van der Waals surface area contributed by atoms with E-state index in [4.69, 9.17) is 4.74 Å². The lowest BCUT2D eigenvalue weighted by Gasteiger charge is -2.35. The molecular weight excluding hydrogens is 342 g/mol. The van der Waals surface area contributed by atoms with Crippen molar-refractivity contribution in [2.75, 3.05) is 26.2 Å². The van der Waals surface area contributed by atoms with Crippen LogP contribution in [0, 0.1) is 11.3 Å². The fraction of sp³-hybridized carbons (Fsp3) is 0.619.